The van der Waals surface area contributed by atoms with Gasteiger partial charge in [0.05, 0.1) is 5.56 Å². The fourth-order valence-corrected chi connectivity index (χ4v) is 2.85. The second-order valence-electron chi connectivity index (χ2n) is 4.32. The van der Waals surface area contributed by atoms with E-state index in [-0.39, 0.29) is 0 Å². The number of halogens is 3. The van der Waals surface area contributed by atoms with Gasteiger partial charge in [0.25, 0.3) is 0 Å². The average Bonchev–Trinajstić information content (AvgIpc) is 3.11. The predicted octanol–water partition coefficient (Wildman–Crippen LogP) is 5.09. The van der Waals surface area contributed by atoms with Crippen LogP contribution in [0.15, 0.2) is 28.7 Å². The van der Waals surface area contributed by atoms with E-state index in [0.29, 0.717) is 21.8 Å². The van der Waals surface area contributed by atoms with Crippen LogP contribution in [-0.4, -0.2) is 9.97 Å². The maximum Gasteiger partial charge on any atom is 0.142 e. The minimum Gasteiger partial charge on any atom is -0.220 e. The lowest BCUT2D eigenvalue weighted by atomic mass is 10.1. The second kappa shape index (κ2) is 4.80. The summed E-state index contributed by atoms with van der Waals surface area (Å²) < 4.78 is 0.971. The maximum atomic E-state index is 6.24. The van der Waals surface area contributed by atoms with Crippen molar-refractivity contribution in [3.05, 3.63) is 44.9 Å². The molecule has 1 heterocycles. The molecule has 2 nitrogen and oxygen atoms in total. The molecule has 5 heteroatoms. The summed E-state index contributed by atoms with van der Waals surface area (Å²) >= 11 is 15.9. The first-order chi connectivity index (χ1) is 8.65. The number of aromatic nitrogens is 2. The summed E-state index contributed by atoms with van der Waals surface area (Å²) in [4.78, 5) is 8.71. The van der Waals surface area contributed by atoms with Crippen LogP contribution >= 0.6 is 39.1 Å². The maximum absolute atomic E-state index is 6.24. The van der Waals surface area contributed by atoms with Gasteiger partial charge < -0.3 is 0 Å². The monoisotopic (exact) mass is 342 g/mol. The number of rotatable bonds is 2. The zero-order valence-corrected chi connectivity index (χ0v) is 12.4. The van der Waals surface area contributed by atoms with Crippen molar-refractivity contribution < 1.29 is 0 Å². The zero-order chi connectivity index (χ0) is 12.7. The number of nitrogens with zero attached hydrogens (tertiary/aromatic N) is 2. The third kappa shape index (κ3) is 2.40. The number of benzene rings is 1. The van der Waals surface area contributed by atoms with Crippen LogP contribution < -0.4 is 0 Å². The molecule has 1 aliphatic rings. The molecule has 0 bridgehead atoms. The van der Waals surface area contributed by atoms with E-state index in [1.54, 1.807) is 0 Å². The van der Waals surface area contributed by atoms with Crippen LogP contribution in [0, 0.1) is 0 Å². The third-order valence-electron chi connectivity index (χ3n) is 2.89. The van der Waals surface area contributed by atoms with Crippen LogP contribution in [0.3, 0.4) is 0 Å². The van der Waals surface area contributed by atoms with Crippen LogP contribution in [-0.2, 0) is 0 Å². The van der Waals surface area contributed by atoms with E-state index in [1.807, 2.05) is 24.3 Å². The molecule has 0 spiro atoms. The molecule has 1 fully saturated rings. The third-order valence-corrected chi connectivity index (χ3v) is 3.93. The lowest BCUT2D eigenvalue weighted by molar-refractivity contribution is 0.929. The molecule has 2 aromatic rings. The Balaban J connectivity index is 2.11. The first-order valence-corrected chi connectivity index (χ1v) is 7.19. The highest BCUT2D eigenvalue weighted by atomic mass is 79.9. The summed E-state index contributed by atoms with van der Waals surface area (Å²) in [5.74, 6) is 1.21. The largest absolute Gasteiger partial charge is 0.220 e. The summed E-state index contributed by atoms with van der Waals surface area (Å²) in [5.41, 5.74) is 1.62. The fourth-order valence-electron chi connectivity index (χ4n) is 1.83. The molecule has 3 rings (SSSR count). The van der Waals surface area contributed by atoms with Crippen molar-refractivity contribution in [2.75, 3.05) is 0 Å². The molecule has 1 saturated carbocycles. The Kier molecular flexibility index (Phi) is 3.31. The van der Waals surface area contributed by atoms with Crippen molar-refractivity contribution in [3.8, 4) is 11.1 Å². The Labute approximate surface area is 123 Å². The number of hydrogen-bond acceptors (Lipinski definition) is 2. The number of hydrogen-bond donors (Lipinski definition) is 0. The molecular formula is C13H9BrCl2N2. The topological polar surface area (TPSA) is 25.8 Å². The van der Waals surface area contributed by atoms with Gasteiger partial charge in [-0.15, -0.1) is 0 Å². The lowest BCUT2D eigenvalue weighted by Crippen LogP contribution is -1.96. The van der Waals surface area contributed by atoms with Crippen molar-refractivity contribution in [3.63, 3.8) is 0 Å². The predicted molar refractivity (Wildman–Crippen MR) is 77.2 cm³/mol. The van der Waals surface area contributed by atoms with Crippen molar-refractivity contribution in [2.24, 2.45) is 0 Å². The van der Waals surface area contributed by atoms with Gasteiger partial charge in [0.15, 0.2) is 0 Å². The van der Waals surface area contributed by atoms with E-state index in [9.17, 15) is 0 Å². The molecule has 0 atom stereocenters. The highest BCUT2D eigenvalue weighted by Gasteiger charge is 2.28. The van der Waals surface area contributed by atoms with Crippen LogP contribution in [0.2, 0.25) is 10.3 Å². The summed E-state index contributed by atoms with van der Waals surface area (Å²) in [6.07, 6.45) is 2.26. The van der Waals surface area contributed by atoms with E-state index in [0.717, 1.165) is 28.7 Å². The van der Waals surface area contributed by atoms with Crippen LogP contribution in [0.4, 0.5) is 0 Å². The van der Waals surface area contributed by atoms with Crippen LogP contribution in [0.5, 0.6) is 0 Å². The molecule has 92 valence electrons. The molecule has 0 aliphatic heterocycles. The molecular weight excluding hydrogens is 335 g/mol. The standard InChI is InChI=1S/C13H9BrCl2N2/c14-9-3-1-2-8(6-9)10-11(15)17-13(7-4-5-7)18-12(10)16/h1-3,6-7H,4-5H2. The SMILES string of the molecule is Clc1nc(C2CC2)nc(Cl)c1-c1cccc(Br)c1. The Hall–Kier alpha value is -0.640. The van der Waals surface area contributed by atoms with Gasteiger partial charge in [-0.3, -0.25) is 0 Å². The summed E-state index contributed by atoms with van der Waals surface area (Å²) in [6.45, 7) is 0. The van der Waals surface area contributed by atoms with Gasteiger partial charge >= 0.3 is 0 Å². The van der Waals surface area contributed by atoms with E-state index in [2.05, 4.69) is 25.9 Å². The van der Waals surface area contributed by atoms with Gasteiger partial charge in [0, 0.05) is 10.4 Å². The zero-order valence-electron chi connectivity index (χ0n) is 9.33. The van der Waals surface area contributed by atoms with E-state index in [1.165, 1.54) is 0 Å². The Morgan fingerprint density at radius 1 is 1.11 bits per heavy atom. The highest BCUT2D eigenvalue weighted by molar-refractivity contribution is 9.10. The second-order valence-corrected chi connectivity index (χ2v) is 5.95. The Morgan fingerprint density at radius 3 is 2.33 bits per heavy atom. The Morgan fingerprint density at radius 2 is 1.78 bits per heavy atom. The smallest absolute Gasteiger partial charge is 0.142 e. The van der Waals surface area contributed by atoms with Crippen molar-refractivity contribution >= 4 is 39.1 Å². The van der Waals surface area contributed by atoms with Crippen molar-refractivity contribution in [1.29, 1.82) is 0 Å². The van der Waals surface area contributed by atoms with E-state index < -0.39 is 0 Å². The van der Waals surface area contributed by atoms with Crippen LogP contribution in [0.1, 0.15) is 24.6 Å². The minimum atomic E-state index is 0.426. The summed E-state index contributed by atoms with van der Waals surface area (Å²) in [5, 5.41) is 0.852. The van der Waals surface area contributed by atoms with Gasteiger partial charge in [-0.05, 0) is 30.5 Å². The molecule has 18 heavy (non-hydrogen) atoms. The highest BCUT2D eigenvalue weighted by Crippen LogP contribution is 2.41. The molecule has 0 saturated heterocycles. The van der Waals surface area contributed by atoms with Gasteiger partial charge in [-0.1, -0.05) is 51.3 Å². The van der Waals surface area contributed by atoms with E-state index in [4.69, 9.17) is 23.2 Å². The van der Waals surface area contributed by atoms with Gasteiger partial charge in [-0.25, -0.2) is 9.97 Å². The molecule has 1 aromatic carbocycles. The molecule has 0 radical (unpaired) electrons. The normalized spacial score (nSPS) is 14.8. The van der Waals surface area contributed by atoms with E-state index >= 15 is 0 Å². The van der Waals surface area contributed by atoms with Gasteiger partial charge in [0.1, 0.15) is 16.1 Å². The van der Waals surface area contributed by atoms with Gasteiger partial charge in [-0.2, -0.15) is 0 Å². The van der Waals surface area contributed by atoms with Crippen molar-refractivity contribution in [1.82, 2.24) is 9.97 Å². The summed E-state index contributed by atoms with van der Waals surface area (Å²) in [6, 6.07) is 7.77. The fraction of sp³-hybridized carbons (Fsp3) is 0.231. The van der Waals surface area contributed by atoms with Crippen LogP contribution in [0.25, 0.3) is 11.1 Å². The Bertz CT molecular complexity index is 589. The van der Waals surface area contributed by atoms with Crippen molar-refractivity contribution in [2.45, 2.75) is 18.8 Å². The lowest BCUT2D eigenvalue weighted by Gasteiger charge is -2.08. The molecule has 1 aliphatic carbocycles. The first-order valence-electron chi connectivity index (χ1n) is 5.64. The molecule has 0 N–H and O–H groups in total. The van der Waals surface area contributed by atoms with Gasteiger partial charge in [0.2, 0.25) is 0 Å². The molecule has 1 aromatic heterocycles. The molecule has 0 unspecified atom stereocenters. The summed E-state index contributed by atoms with van der Waals surface area (Å²) in [7, 11) is 0. The minimum absolute atomic E-state index is 0.426. The average molecular weight is 344 g/mol. The quantitative estimate of drug-likeness (QED) is 0.709. The first kappa shape index (κ1) is 12.4. The molecule has 0 amide bonds.